The molecule has 2 aromatic carbocycles. The Morgan fingerprint density at radius 2 is 1.47 bits per heavy atom. The predicted molar refractivity (Wildman–Crippen MR) is 270 cm³/mol. The Morgan fingerprint density at radius 3 is 2.16 bits per heavy atom. The number of carbonyl (C=O) groups is 2. The van der Waals surface area contributed by atoms with Crippen LogP contribution in [0.4, 0.5) is 0 Å². The van der Waals surface area contributed by atoms with Crippen molar-refractivity contribution in [2.75, 3.05) is 32.9 Å². The summed E-state index contributed by atoms with van der Waals surface area (Å²) in [7, 11) is 0. The lowest BCUT2D eigenvalue weighted by molar-refractivity contribution is -0.351. The summed E-state index contributed by atoms with van der Waals surface area (Å²) in [4.78, 5) is 30.1. The van der Waals surface area contributed by atoms with E-state index in [4.69, 9.17) is 37.9 Å². The van der Waals surface area contributed by atoms with Crippen LogP contribution in [0.2, 0.25) is 0 Å². The molecule has 9 unspecified atom stereocenters. The molecule has 0 radical (unpaired) electrons. The molecule has 22 nitrogen and oxygen atoms in total. The fraction of sp³-hybridized carbons (Fsp3) is 0.709. The maximum atomic E-state index is 14.3. The first-order valence-electron chi connectivity index (χ1n) is 27.5. The van der Waals surface area contributed by atoms with Crippen molar-refractivity contribution in [2.24, 2.45) is 17.8 Å². The SMILES string of the molecule is CCC1CC(CO[C@H]2OC(CO)[C@@H](O)C(n3cc(-c4cccc(C)c4)nn3)C2O)C[C@@H](O[C@@H]2O[C@@H](CO)[C@H](O)C(O[C@@H](CC3CCCCC3)C(=O)N3CCC3)C2OC(=O)c2ccccc2)[C@@H]1O[C@@H]1OC(C)[C@@H](O)[C@H](O)C1O. The molecule has 5 heterocycles. The molecular weight excluding hydrogens is 1000 g/mol. The van der Waals surface area contributed by atoms with Gasteiger partial charge in [-0.25, -0.2) is 9.48 Å². The molecule has 6 aliphatic rings. The zero-order chi connectivity index (χ0) is 54.5. The van der Waals surface area contributed by atoms with Crippen LogP contribution in [0.1, 0.15) is 100 Å². The third-order valence-electron chi connectivity index (χ3n) is 16.5. The van der Waals surface area contributed by atoms with E-state index in [1.165, 1.54) is 11.6 Å². The van der Waals surface area contributed by atoms with Gasteiger partial charge in [0.2, 0.25) is 0 Å². The maximum Gasteiger partial charge on any atom is 0.338 e. The van der Waals surface area contributed by atoms with Gasteiger partial charge in [-0.1, -0.05) is 92.6 Å². The number of benzene rings is 2. The summed E-state index contributed by atoms with van der Waals surface area (Å²) in [6.45, 7) is 5.08. The van der Waals surface area contributed by atoms with Crippen molar-refractivity contribution in [3.05, 3.63) is 71.9 Å². The lowest BCUT2D eigenvalue weighted by Gasteiger charge is -2.49. The number of rotatable bonds is 19. The average molecular weight is 1080 g/mol. The van der Waals surface area contributed by atoms with E-state index in [1.54, 1.807) is 41.4 Å². The van der Waals surface area contributed by atoms with Crippen LogP contribution in [0.5, 0.6) is 0 Å². The van der Waals surface area contributed by atoms with Crippen molar-refractivity contribution in [3.8, 4) is 11.3 Å². The van der Waals surface area contributed by atoms with E-state index in [9.17, 15) is 50.4 Å². The Bertz CT molecular complexity index is 2360. The van der Waals surface area contributed by atoms with Crippen molar-refractivity contribution in [1.29, 1.82) is 0 Å². The minimum absolute atomic E-state index is 0.0781. The summed E-state index contributed by atoms with van der Waals surface area (Å²) in [5.74, 6) is -1.73. The highest BCUT2D eigenvalue weighted by molar-refractivity contribution is 5.89. The number of aliphatic hydroxyl groups is 8. The summed E-state index contributed by atoms with van der Waals surface area (Å²) in [6, 6.07) is 14.6. The number of aryl methyl sites for hydroxylation is 1. The molecular formula is C55H78N4O18. The zero-order valence-electron chi connectivity index (χ0n) is 44.0. The molecule has 426 valence electrons. The molecule has 8 N–H and O–H groups in total. The van der Waals surface area contributed by atoms with E-state index < -0.39 is 141 Å². The maximum absolute atomic E-state index is 14.3. The first-order valence-corrected chi connectivity index (χ1v) is 27.5. The highest BCUT2D eigenvalue weighted by atomic mass is 16.7. The molecule has 0 spiro atoms. The lowest BCUT2D eigenvalue weighted by atomic mass is 9.76. The Labute approximate surface area is 448 Å². The normalized spacial score (nSPS) is 37.4. The smallest absolute Gasteiger partial charge is 0.338 e. The van der Waals surface area contributed by atoms with Crippen LogP contribution in [0.25, 0.3) is 11.3 Å². The zero-order valence-corrected chi connectivity index (χ0v) is 44.0. The van der Waals surface area contributed by atoms with Gasteiger partial charge in [-0.3, -0.25) is 4.79 Å². The molecule has 20 atom stereocenters. The highest BCUT2D eigenvalue weighted by Crippen LogP contribution is 2.42. The second-order valence-corrected chi connectivity index (χ2v) is 21.9. The second kappa shape index (κ2) is 26.0. The number of amides is 1. The monoisotopic (exact) mass is 1080 g/mol. The lowest BCUT2D eigenvalue weighted by Crippen LogP contribution is -2.64. The molecule has 3 aromatic rings. The molecule has 4 saturated heterocycles. The molecule has 77 heavy (non-hydrogen) atoms. The van der Waals surface area contributed by atoms with Crippen molar-refractivity contribution >= 4 is 11.9 Å². The number of aromatic nitrogens is 3. The minimum Gasteiger partial charge on any atom is -0.450 e. The predicted octanol–water partition coefficient (Wildman–Crippen LogP) is 1.54. The number of carbonyl (C=O) groups excluding carboxylic acids is 2. The van der Waals surface area contributed by atoms with Crippen molar-refractivity contribution in [2.45, 2.75) is 195 Å². The first kappa shape index (κ1) is 57.6. The van der Waals surface area contributed by atoms with E-state index in [0.29, 0.717) is 38.0 Å². The number of esters is 1. The second-order valence-electron chi connectivity index (χ2n) is 21.9. The Morgan fingerprint density at radius 1 is 0.740 bits per heavy atom. The van der Waals surface area contributed by atoms with Crippen LogP contribution in [-0.4, -0.2) is 210 Å². The standard InChI is InChI=1S/C55H78N4O18/c1-4-33-22-32(28-70-53-45(65)41(43(63)39(26-60)74-53)59-25-36(56-57-59)35-18-11-13-29(2)21-35)24-37(48(33)77-54-47(67)46(66)42(62)30(3)71-54)73-55-50(76-52(69)34-16-9-6-10-17-34)49(44(64)40(27-61)75-55)72-38(51(68)58-19-12-20-58)23-31-14-7-5-8-15-31/h6,9-11,13,16-18,21,25,30-33,37-50,53-55,60-67H,4-5,7-8,12,14-15,19-20,22-24,26-28H2,1-3H3/t30?,32?,33?,37-,38+,39?,40+,41?,42-,43-,44+,45?,46+,47?,48-,49?,50?,53+,54+,55-/m1/s1. The summed E-state index contributed by atoms with van der Waals surface area (Å²) < 4.78 is 52.7. The third kappa shape index (κ3) is 13.1. The van der Waals surface area contributed by atoms with Crippen LogP contribution >= 0.6 is 0 Å². The molecule has 1 amide bonds. The summed E-state index contributed by atoms with van der Waals surface area (Å²) >= 11 is 0. The van der Waals surface area contributed by atoms with Gasteiger partial charge < -0.3 is 83.6 Å². The van der Waals surface area contributed by atoms with Crippen molar-refractivity contribution < 1.29 is 88.3 Å². The largest absolute Gasteiger partial charge is 0.450 e. The fourth-order valence-corrected chi connectivity index (χ4v) is 11.9. The molecule has 6 fully saturated rings. The van der Waals surface area contributed by atoms with Gasteiger partial charge >= 0.3 is 5.97 Å². The van der Waals surface area contributed by atoms with Crippen LogP contribution in [0, 0.1) is 24.7 Å². The van der Waals surface area contributed by atoms with Crippen LogP contribution in [0.15, 0.2) is 60.8 Å². The van der Waals surface area contributed by atoms with Gasteiger partial charge in [0.25, 0.3) is 5.91 Å². The van der Waals surface area contributed by atoms with Crippen LogP contribution in [-0.2, 0) is 42.7 Å². The molecule has 0 bridgehead atoms. The van der Waals surface area contributed by atoms with Crippen LogP contribution < -0.4 is 0 Å². The fourth-order valence-electron chi connectivity index (χ4n) is 11.9. The summed E-state index contributed by atoms with van der Waals surface area (Å²) in [5.41, 5.74) is 2.43. The van der Waals surface area contributed by atoms with Gasteiger partial charge in [0.05, 0.1) is 49.9 Å². The van der Waals surface area contributed by atoms with Gasteiger partial charge in [-0.15, -0.1) is 5.10 Å². The molecule has 1 aromatic heterocycles. The van der Waals surface area contributed by atoms with Gasteiger partial charge in [-0.05, 0) is 75.5 Å². The molecule has 2 saturated carbocycles. The van der Waals surface area contributed by atoms with Crippen molar-refractivity contribution in [3.63, 3.8) is 0 Å². The Kier molecular flexibility index (Phi) is 19.5. The number of likely N-dealkylation sites (tertiary alicyclic amines) is 1. The molecule has 4 aliphatic heterocycles. The summed E-state index contributed by atoms with van der Waals surface area (Å²) in [5, 5.41) is 97.9. The van der Waals surface area contributed by atoms with E-state index >= 15 is 0 Å². The molecule has 2 aliphatic carbocycles. The molecule has 22 heteroatoms. The third-order valence-corrected chi connectivity index (χ3v) is 16.5. The Hall–Kier alpha value is -4.08. The van der Waals surface area contributed by atoms with E-state index in [0.717, 1.165) is 49.7 Å². The average Bonchev–Trinajstić information content (AvgIpc) is 3.92. The van der Waals surface area contributed by atoms with E-state index in [2.05, 4.69) is 10.3 Å². The van der Waals surface area contributed by atoms with E-state index in [1.807, 2.05) is 38.1 Å². The van der Waals surface area contributed by atoms with E-state index in [-0.39, 0.29) is 30.4 Å². The summed E-state index contributed by atoms with van der Waals surface area (Å²) in [6.07, 6.45) is -14.7. The number of aliphatic hydroxyl groups excluding tert-OH is 8. The number of ether oxygens (including phenoxy) is 8. The number of hydrogen-bond donors (Lipinski definition) is 8. The van der Waals surface area contributed by atoms with Crippen LogP contribution in [0.3, 0.4) is 0 Å². The van der Waals surface area contributed by atoms with Gasteiger partial charge in [-0.2, -0.15) is 0 Å². The quantitative estimate of drug-likeness (QED) is 0.0790. The van der Waals surface area contributed by atoms with Gasteiger partial charge in [0.15, 0.2) is 25.0 Å². The van der Waals surface area contributed by atoms with Gasteiger partial charge in [0.1, 0.15) is 72.8 Å². The molecule has 9 rings (SSSR count). The number of nitrogens with zero attached hydrogens (tertiary/aromatic N) is 4. The highest BCUT2D eigenvalue weighted by Gasteiger charge is 2.55. The minimum atomic E-state index is -1.69. The number of hydrogen-bond acceptors (Lipinski definition) is 20. The van der Waals surface area contributed by atoms with Gasteiger partial charge in [0, 0.05) is 18.7 Å². The Balaban J connectivity index is 1.02. The first-order chi connectivity index (χ1) is 37.1. The topological polar surface area (TPSA) is 304 Å². The van der Waals surface area contributed by atoms with Crippen molar-refractivity contribution in [1.82, 2.24) is 19.9 Å².